The molecular formula is C18H26N6OS. The second kappa shape index (κ2) is 7.46. The summed E-state index contributed by atoms with van der Waals surface area (Å²) in [5.74, 6) is 0.232. The molecular weight excluding hydrogens is 348 g/mol. The molecule has 26 heavy (non-hydrogen) atoms. The van der Waals surface area contributed by atoms with Crippen LogP contribution in [-0.4, -0.2) is 69.2 Å². The second-order valence-electron chi connectivity index (χ2n) is 7.18. The number of carbonyl (C=O) groups is 1. The maximum absolute atomic E-state index is 13.0. The predicted octanol–water partition coefficient (Wildman–Crippen LogP) is 1.50. The van der Waals surface area contributed by atoms with Gasteiger partial charge in [-0.1, -0.05) is 0 Å². The van der Waals surface area contributed by atoms with Gasteiger partial charge in [0.25, 0.3) is 0 Å². The van der Waals surface area contributed by atoms with Gasteiger partial charge in [-0.2, -0.15) is 5.10 Å². The number of rotatable bonds is 4. The van der Waals surface area contributed by atoms with Gasteiger partial charge in [-0.25, -0.2) is 4.98 Å². The first-order valence-electron chi connectivity index (χ1n) is 9.28. The zero-order chi connectivity index (χ0) is 18.1. The van der Waals surface area contributed by atoms with E-state index in [2.05, 4.69) is 26.8 Å². The van der Waals surface area contributed by atoms with Crippen molar-refractivity contribution in [3.05, 3.63) is 28.5 Å². The molecule has 2 aromatic rings. The van der Waals surface area contributed by atoms with Crippen LogP contribution in [0.5, 0.6) is 0 Å². The highest BCUT2D eigenvalue weighted by molar-refractivity contribution is 7.11. The summed E-state index contributed by atoms with van der Waals surface area (Å²) in [6, 6.07) is 0.0109. The highest BCUT2D eigenvalue weighted by Gasteiger charge is 2.35. The van der Waals surface area contributed by atoms with Crippen LogP contribution in [0.1, 0.15) is 22.7 Å². The number of hydrogen-bond acceptors (Lipinski definition) is 6. The van der Waals surface area contributed by atoms with Crippen LogP contribution in [0.4, 0.5) is 5.69 Å². The minimum Gasteiger partial charge on any atom is -0.308 e. The highest BCUT2D eigenvalue weighted by Crippen LogP contribution is 2.24. The van der Waals surface area contributed by atoms with Gasteiger partial charge in [-0.3, -0.25) is 19.3 Å². The Morgan fingerprint density at radius 1 is 1.19 bits per heavy atom. The molecule has 0 N–H and O–H groups in total. The molecule has 0 unspecified atom stereocenters. The Labute approximate surface area is 158 Å². The van der Waals surface area contributed by atoms with Crippen molar-refractivity contribution < 1.29 is 4.79 Å². The number of piperidine rings is 1. The normalized spacial score (nSPS) is 22.9. The van der Waals surface area contributed by atoms with Crippen LogP contribution < -0.4 is 4.90 Å². The molecule has 2 fully saturated rings. The summed E-state index contributed by atoms with van der Waals surface area (Å²) in [5.41, 5.74) is 0.918. The van der Waals surface area contributed by atoms with Crippen molar-refractivity contribution in [3.63, 3.8) is 0 Å². The number of aryl methyl sites for hydroxylation is 2. The lowest BCUT2D eigenvalue weighted by Gasteiger charge is -2.42. The maximum atomic E-state index is 13.0. The predicted molar refractivity (Wildman–Crippen MR) is 102 cm³/mol. The monoisotopic (exact) mass is 374 g/mol. The van der Waals surface area contributed by atoms with Gasteiger partial charge in [0.2, 0.25) is 5.91 Å². The number of hydrogen-bond donors (Lipinski definition) is 0. The summed E-state index contributed by atoms with van der Waals surface area (Å²) in [6.07, 6.45) is 7.71. The Kier molecular flexibility index (Phi) is 5.06. The van der Waals surface area contributed by atoms with Crippen LogP contribution in [0.15, 0.2) is 18.6 Å². The first-order chi connectivity index (χ1) is 12.6. The van der Waals surface area contributed by atoms with E-state index in [1.54, 1.807) is 22.2 Å². The Bertz CT molecular complexity index is 763. The van der Waals surface area contributed by atoms with Crippen molar-refractivity contribution in [2.45, 2.75) is 32.4 Å². The highest BCUT2D eigenvalue weighted by atomic mass is 32.1. The van der Waals surface area contributed by atoms with Crippen molar-refractivity contribution >= 4 is 22.9 Å². The van der Waals surface area contributed by atoms with Crippen LogP contribution in [0.2, 0.25) is 0 Å². The first-order valence-corrected chi connectivity index (χ1v) is 10.1. The topological polar surface area (TPSA) is 57.5 Å². The van der Waals surface area contributed by atoms with Gasteiger partial charge < -0.3 is 4.90 Å². The van der Waals surface area contributed by atoms with E-state index in [1.807, 2.05) is 24.3 Å². The zero-order valence-corrected chi connectivity index (χ0v) is 16.3. The summed E-state index contributed by atoms with van der Waals surface area (Å²) in [5, 5.41) is 5.34. The number of aromatic nitrogens is 3. The average Bonchev–Trinajstić information content (AvgIpc) is 3.24. The van der Waals surface area contributed by atoms with Gasteiger partial charge in [-0.05, 0) is 19.8 Å². The molecule has 0 aliphatic carbocycles. The van der Waals surface area contributed by atoms with Gasteiger partial charge in [0.1, 0.15) is 0 Å². The molecule has 2 aliphatic rings. The molecule has 0 spiro atoms. The number of piperazine rings is 1. The van der Waals surface area contributed by atoms with Crippen LogP contribution in [-0.2, 0) is 18.4 Å². The van der Waals surface area contributed by atoms with Crippen LogP contribution in [0, 0.1) is 6.92 Å². The summed E-state index contributed by atoms with van der Waals surface area (Å²) in [4.78, 5) is 25.5. The summed E-state index contributed by atoms with van der Waals surface area (Å²) >= 11 is 1.78. The molecule has 140 valence electrons. The van der Waals surface area contributed by atoms with Gasteiger partial charge in [0.15, 0.2) is 0 Å². The Morgan fingerprint density at radius 3 is 2.65 bits per heavy atom. The third-order valence-corrected chi connectivity index (χ3v) is 6.21. The van der Waals surface area contributed by atoms with Crippen molar-refractivity contribution in [1.29, 1.82) is 0 Å². The van der Waals surface area contributed by atoms with Gasteiger partial charge in [0.05, 0.1) is 22.9 Å². The minimum atomic E-state index is 0.0109. The molecule has 0 bridgehead atoms. The minimum absolute atomic E-state index is 0.0109. The molecule has 0 radical (unpaired) electrons. The average molecular weight is 375 g/mol. The number of carbonyl (C=O) groups excluding carboxylic acids is 1. The smallest absolute Gasteiger partial charge is 0.244 e. The molecule has 7 nitrogen and oxygen atoms in total. The van der Waals surface area contributed by atoms with E-state index in [-0.39, 0.29) is 11.9 Å². The molecule has 0 aromatic carbocycles. The molecule has 4 heterocycles. The maximum Gasteiger partial charge on any atom is 0.244 e. The van der Waals surface area contributed by atoms with E-state index in [0.717, 1.165) is 62.8 Å². The molecule has 0 saturated carbocycles. The number of anilines is 1. The van der Waals surface area contributed by atoms with E-state index in [4.69, 9.17) is 0 Å². The molecule has 2 aliphatic heterocycles. The largest absolute Gasteiger partial charge is 0.308 e. The molecule has 2 aromatic heterocycles. The van der Waals surface area contributed by atoms with E-state index < -0.39 is 0 Å². The second-order valence-corrected chi connectivity index (χ2v) is 8.50. The number of amides is 1. The van der Waals surface area contributed by atoms with E-state index >= 15 is 0 Å². The lowest BCUT2D eigenvalue weighted by molar-refractivity contribution is -0.126. The van der Waals surface area contributed by atoms with E-state index in [9.17, 15) is 4.79 Å². The fourth-order valence-corrected chi connectivity index (χ4v) is 4.77. The van der Waals surface area contributed by atoms with Crippen LogP contribution in [0.3, 0.4) is 0 Å². The van der Waals surface area contributed by atoms with Crippen molar-refractivity contribution in [3.8, 4) is 0 Å². The summed E-state index contributed by atoms with van der Waals surface area (Å²) < 4.78 is 1.76. The van der Waals surface area contributed by atoms with Gasteiger partial charge in [0, 0.05) is 63.6 Å². The Morgan fingerprint density at radius 2 is 2.00 bits per heavy atom. The summed E-state index contributed by atoms with van der Waals surface area (Å²) in [7, 11) is 1.89. The van der Waals surface area contributed by atoms with Crippen LogP contribution >= 0.6 is 11.3 Å². The SMILES string of the molecule is Cc1ncc(CN2CCN([C@@H]3CCCN(c4cnn(C)c4)C3=O)CC2)s1. The Hall–Kier alpha value is -1.77. The molecule has 4 rings (SSSR count). The zero-order valence-electron chi connectivity index (χ0n) is 15.5. The van der Waals surface area contributed by atoms with Gasteiger partial charge >= 0.3 is 0 Å². The molecule has 1 amide bonds. The van der Waals surface area contributed by atoms with E-state index in [0.29, 0.717) is 0 Å². The number of nitrogens with zero attached hydrogens (tertiary/aromatic N) is 6. The van der Waals surface area contributed by atoms with Crippen molar-refractivity contribution in [2.75, 3.05) is 37.6 Å². The van der Waals surface area contributed by atoms with Gasteiger partial charge in [-0.15, -0.1) is 11.3 Å². The fourth-order valence-electron chi connectivity index (χ4n) is 3.93. The third kappa shape index (κ3) is 3.67. The molecule has 2 saturated heterocycles. The summed E-state index contributed by atoms with van der Waals surface area (Å²) in [6.45, 7) is 7.74. The first kappa shape index (κ1) is 17.6. The quantitative estimate of drug-likeness (QED) is 0.812. The molecule has 1 atom stereocenters. The lowest BCUT2D eigenvalue weighted by atomic mass is 10.0. The Balaban J connectivity index is 1.35. The van der Waals surface area contributed by atoms with E-state index in [1.165, 1.54) is 4.88 Å². The molecule has 8 heteroatoms. The standard InChI is InChI=1S/C18H26N6OS/c1-14-19-11-16(26-14)13-22-6-8-23(9-7-22)17-4-3-5-24(18(17)25)15-10-20-21(2)12-15/h10-12,17H,3-9,13H2,1-2H3/t17-/m1/s1. The lowest BCUT2D eigenvalue weighted by Crippen LogP contribution is -2.57. The fraction of sp³-hybridized carbons (Fsp3) is 0.611. The van der Waals surface area contributed by atoms with Crippen molar-refractivity contribution in [2.24, 2.45) is 7.05 Å². The van der Waals surface area contributed by atoms with Crippen molar-refractivity contribution in [1.82, 2.24) is 24.6 Å². The third-order valence-electron chi connectivity index (χ3n) is 5.31. The number of thiazole rings is 1. The van der Waals surface area contributed by atoms with Crippen LogP contribution in [0.25, 0.3) is 0 Å².